The molecule has 0 bridgehead atoms. The minimum Gasteiger partial charge on any atom is -0.444 e. The van der Waals surface area contributed by atoms with Gasteiger partial charge in [-0.2, -0.15) is 0 Å². The first-order chi connectivity index (χ1) is 15.6. The van der Waals surface area contributed by atoms with Crippen LogP contribution >= 0.6 is 22.9 Å². The zero-order valence-electron chi connectivity index (χ0n) is 18.5. The number of alkyl carbamates (subject to hydrolysis) is 1. The number of ether oxygens (including phenoxy) is 1. The highest BCUT2D eigenvalue weighted by Crippen LogP contribution is 2.32. The number of fused-ring (bicyclic) bond motifs is 2. The van der Waals surface area contributed by atoms with Gasteiger partial charge in [0.1, 0.15) is 22.7 Å². The van der Waals surface area contributed by atoms with E-state index in [4.69, 9.17) is 16.3 Å². The van der Waals surface area contributed by atoms with Crippen molar-refractivity contribution in [1.29, 1.82) is 0 Å². The molecule has 2 aromatic heterocycles. The van der Waals surface area contributed by atoms with Crippen molar-refractivity contribution < 1.29 is 19.1 Å². The third-order valence-electron chi connectivity index (χ3n) is 5.18. The van der Waals surface area contributed by atoms with Gasteiger partial charge in [-0.05, 0) is 50.5 Å². The van der Waals surface area contributed by atoms with E-state index in [2.05, 4.69) is 20.9 Å². The van der Waals surface area contributed by atoms with Crippen LogP contribution in [0.5, 0.6) is 0 Å². The van der Waals surface area contributed by atoms with Gasteiger partial charge in [0.25, 0.3) is 5.91 Å². The summed E-state index contributed by atoms with van der Waals surface area (Å²) in [5.41, 5.74) is 1.76. The van der Waals surface area contributed by atoms with E-state index < -0.39 is 17.7 Å². The van der Waals surface area contributed by atoms with Crippen molar-refractivity contribution in [2.75, 3.05) is 6.54 Å². The number of carbonyl (C=O) groups is 3. The van der Waals surface area contributed by atoms with Crippen molar-refractivity contribution >= 4 is 51.1 Å². The average Bonchev–Trinajstić information content (AvgIpc) is 3.36. The van der Waals surface area contributed by atoms with Crippen LogP contribution in [-0.2, 0) is 16.0 Å². The number of carbonyl (C=O) groups excluding carboxylic acids is 3. The number of nitrogens with one attached hydrogen (secondary N) is 4. The van der Waals surface area contributed by atoms with Crippen LogP contribution < -0.4 is 16.0 Å². The van der Waals surface area contributed by atoms with Gasteiger partial charge in [0.15, 0.2) is 0 Å². The second-order valence-electron chi connectivity index (χ2n) is 8.90. The van der Waals surface area contributed by atoms with Crippen LogP contribution in [0.25, 0.3) is 10.2 Å². The van der Waals surface area contributed by atoms with Gasteiger partial charge in [0.05, 0.1) is 16.4 Å². The number of amides is 3. The molecule has 0 saturated heterocycles. The highest BCUT2D eigenvalue weighted by molar-refractivity contribution is 7.22. The van der Waals surface area contributed by atoms with Crippen molar-refractivity contribution in [2.24, 2.45) is 0 Å². The average molecular weight is 489 g/mol. The lowest BCUT2D eigenvalue weighted by Crippen LogP contribution is -2.47. The van der Waals surface area contributed by atoms with E-state index in [1.807, 2.05) is 24.3 Å². The van der Waals surface area contributed by atoms with Crippen LogP contribution in [0.1, 0.15) is 48.4 Å². The first-order valence-electron chi connectivity index (χ1n) is 10.5. The number of hydrogen-bond acceptors (Lipinski definition) is 5. The van der Waals surface area contributed by atoms with Gasteiger partial charge in [0.2, 0.25) is 5.91 Å². The van der Waals surface area contributed by atoms with Crippen molar-refractivity contribution in [3.05, 3.63) is 57.6 Å². The number of halogens is 1. The Hall–Kier alpha value is -3.04. The third-order valence-corrected chi connectivity index (χ3v) is 6.38. The van der Waals surface area contributed by atoms with Crippen LogP contribution in [0.3, 0.4) is 0 Å². The largest absolute Gasteiger partial charge is 0.444 e. The first kappa shape index (κ1) is 23.1. The second-order valence-corrected chi connectivity index (χ2v) is 10.6. The maximum absolute atomic E-state index is 12.9. The van der Waals surface area contributed by atoms with E-state index in [1.54, 1.807) is 32.9 Å². The smallest absolute Gasteiger partial charge is 0.408 e. The summed E-state index contributed by atoms with van der Waals surface area (Å²) >= 11 is 7.38. The first-order valence-corrected chi connectivity index (χ1v) is 11.7. The molecule has 3 amide bonds. The van der Waals surface area contributed by atoms with Gasteiger partial charge in [0, 0.05) is 5.39 Å². The van der Waals surface area contributed by atoms with E-state index in [1.165, 1.54) is 11.3 Å². The molecule has 0 spiro atoms. The molecular formula is C23H25ClN4O4S. The van der Waals surface area contributed by atoms with Crippen LogP contribution in [0.2, 0.25) is 4.34 Å². The molecule has 1 aliphatic rings. The molecule has 1 aliphatic carbocycles. The number of aromatic nitrogens is 1. The minimum atomic E-state index is -0.666. The zero-order valence-corrected chi connectivity index (χ0v) is 20.0. The molecule has 10 heteroatoms. The molecule has 174 valence electrons. The molecule has 33 heavy (non-hydrogen) atoms. The summed E-state index contributed by atoms with van der Waals surface area (Å²) in [6.07, 6.45) is -0.0890. The Kier molecular flexibility index (Phi) is 6.36. The van der Waals surface area contributed by atoms with Crippen LogP contribution in [0, 0.1) is 0 Å². The zero-order chi connectivity index (χ0) is 23.8. The summed E-state index contributed by atoms with van der Waals surface area (Å²) in [5, 5.41) is 9.31. The van der Waals surface area contributed by atoms with Crippen LogP contribution in [0.4, 0.5) is 4.79 Å². The Balaban J connectivity index is 1.43. The summed E-state index contributed by atoms with van der Waals surface area (Å²) in [4.78, 5) is 41.3. The highest BCUT2D eigenvalue weighted by atomic mass is 35.5. The molecule has 3 aromatic rings. The molecule has 2 heterocycles. The highest BCUT2D eigenvalue weighted by Gasteiger charge is 2.35. The molecule has 0 radical (unpaired) electrons. The predicted molar refractivity (Wildman–Crippen MR) is 128 cm³/mol. The molecule has 1 aromatic carbocycles. The van der Waals surface area contributed by atoms with Crippen molar-refractivity contribution in [3.63, 3.8) is 0 Å². The number of benzene rings is 1. The Morgan fingerprint density at radius 2 is 1.94 bits per heavy atom. The molecule has 2 atom stereocenters. The van der Waals surface area contributed by atoms with E-state index in [0.717, 1.165) is 21.3 Å². The lowest BCUT2D eigenvalue weighted by atomic mass is 10.1. The van der Waals surface area contributed by atoms with Gasteiger partial charge >= 0.3 is 6.09 Å². The topological polar surface area (TPSA) is 112 Å². The van der Waals surface area contributed by atoms with Crippen molar-refractivity contribution in [2.45, 2.75) is 44.9 Å². The summed E-state index contributed by atoms with van der Waals surface area (Å²) in [7, 11) is 0. The van der Waals surface area contributed by atoms with Crippen molar-refractivity contribution in [3.8, 4) is 0 Å². The van der Waals surface area contributed by atoms with Gasteiger partial charge in [-0.15, -0.1) is 11.3 Å². The summed E-state index contributed by atoms with van der Waals surface area (Å²) < 4.78 is 5.81. The number of rotatable bonds is 5. The predicted octanol–water partition coefficient (Wildman–Crippen LogP) is 3.92. The number of thiophene rings is 1. The monoisotopic (exact) mass is 488 g/mol. The SMILES string of the molecule is CC(C)(C)OC(=O)NCC(=O)N[C@H]1c2ccccc2C[C@H]1NC(=O)c1cc2cc(Cl)sc2[nH]1. The Labute approximate surface area is 200 Å². The molecule has 0 fully saturated rings. The second kappa shape index (κ2) is 9.07. The van der Waals surface area contributed by atoms with Gasteiger partial charge < -0.3 is 25.7 Å². The lowest BCUT2D eigenvalue weighted by molar-refractivity contribution is -0.121. The fourth-order valence-corrected chi connectivity index (χ4v) is 4.99. The molecule has 0 saturated carbocycles. The van der Waals surface area contributed by atoms with Crippen LogP contribution in [-0.4, -0.2) is 41.1 Å². The maximum atomic E-state index is 12.9. The Morgan fingerprint density at radius 3 is 2.67 bits per heavy atom. The van der Waals surface area contributed by atoms with Crippen molar-refractivity contribution in [1.82, 2.24) is 20.9 Å². The van der Waals surface area contributed by atoms with Gasteiger partial charge in [-0.25, -0.2) is 4.79 Å². The number of H-pyrrole nitrogens is 1. The summed E-state index contributed by atoms with van der Waals surface area (Å²) in [5.74, 6) is -0.643. The van der Waals surface area contributed by atoms with Gasteiger partial charge in [-0.1, -0.05) is 35.9 Å². The third kappa shape index (κ3) is 5.48. The molecule has 8 nitrogen and oxygen atoms in total. The number of aromatic amines is 1. The quantitative estimate of drug-likeness (QED) is 0.436. The lowest BCUT2D eigenvalue weighted by Gasteiger charge is -2.23. The molecule has 4 N–H and O–H groups in total. The normalized spacial score (nSPS) is 17.5. The van der Waals surface area contributed by atoms with E-state index in [9.17, 15) is 14.4 Å². The maximum Gasteiger partial charge on any atom is 0.408 e. The standard InChI is InChI=1S/C23H25ClN4O4S/c1-23(2,3)32-22(31)25-11-18(29)28-19-14-7-5-4-6-12(14)8-15(19)26-20(30)16-9-13-10-17(24)33-21(13)27-16/h4-7,9-10,15,19,27H,8,11H2,1-3H3,(H,25,31)(H,26,30)(H,28,29)/t15-,19+/m1/s1. The van der Waals surface area contributed by atoms with Gasteiger partial charge in [-0.3, -0.25) is 9.59 Å². The Bertz CT molecular complexity index is 1180. The van der Waals surface area contributed by atoms with E-state index >= 15 is 0 Å². The van der Waals surface area contributed by atoms with Crippen LogP contribution in [0.15, 0.2) is 36.4 Å². The Morgan fingerprint density at radius 1 is 1.18 bits per heavy atom. The van der Waals surface area contributed by atoms with E-state index in [-0.39, 0.29) is 24.4 Å². The summed E-state index contributed by atoms with van der Waals surface area (Å²) in [6.45, 7) is 5.01. The summed E-state index contributed by atoms with van der Waals surface area (Å²) in [6, 6.07) is 10.5. The molecular weight excluding hydrogens is 464 g/mol. The fraction of sp³-hybridized carbons (Fsp3) is 0.348. The minimum absolute atomic E-state index is 0.234. The fourth-order valence-electron chi connectivity index (χ4n) is 3.86. The van der Waals surface area contributed by atoms with E-state index in [0.29, 0.717) is 16.5 Å². The molecule has 0 aliphatic heterocycles. The molecule has 0 unspecified atom stereocenters. The number of hydrogen-bond donors (Lipinski definition) is 4. The molecule has 4 rings (SSSR count).